The van der Waals surface area contributed by atoms with Crippen LogP contribution in [0.4, 0.5) is 5.82 Å². The smallest absolute Gasteiger partial charge is 0.261 e. The van der Waals surface area contributed by atoms with Crippen LogP contribution in [-0.4, -0.2) is 65.6 Å². The first-order valence-corrected chi connectivity index (χ1v) is 11.1. The van der Waals surface area contributed by atoms with Gasteiger partial charge in [0.1, 0.15) is 17.0 Å². The van der Waals surface area contributed by atoms with Crippen molar-refractivity contribution in [3.8, 4) is 0 Å². The minimum atomic E-state index is -0.0941. The number of fused-ring (bicyclic) bond motifs is 1. The van der Waals surface area contributed by atoms with Crippen molar-refractivity contribution in [3.63, 3.8) is 0 Å². The van der Waals surface area contributed by atoms with Crippen molar-refractivity contribution < 1.29 is 14.3 Å². The number of nitrogens with one attached hydrogen (secondary N) is 2. The molecule has 2 aliphatic rings. The Kier molecular flexibility index (Phi) is 6.25. The van der Waals surface area contributed by atoms with Crippen LogP contribution in [0.5, 0.6) is 0 Å². The third kappa shape index (κ3) is 4.51. The van der Waals surface area contributed by atoms with Crippen molar-refractivity contribution in [3.05, 3.63) is 16.8 Å². The van der Waals surface area contributed by atoms with Crippen LogP contribution in [0.3, 0.4) is 0 Å². The van der Waals surface area contributed by atoms with Gasteiger partial charge in [-0.15, -0.1) is 11.3 Å². The second-order valence-corrected chi connectivity index (χ2v) is 8.57. The standard InChI is InChI=1S/C20H27N5O3S/c1-13-16-18(22-11-14-5-3-10-28-14)23-12-24-20(16)29-17(13)19(27)21-7-4-9-25-8-2-6-15(25)26/h12,14H,2-11H2,1H3,(H,21,27)(H,22,23,24). The second kappa shape index (κ2) is 9.04. The number of carbonyl (C=O) groups is 2. The van der Waals surface area contributed by atoms with Gasteiger partial charge < -0.3 is 20.3 Å². The second-order valence-electron chi connectivity index (χ2n) is 7.57. The highest BCUT2D eigenvalue weighted by atomic mass is 32.1. The van der Waals surface area contributed by atoms with Gasteiger partial charge in [-0.1, -0.05) is 0 Å². The Morgan fingerprint density at radius 3 is 3.03 bits per heavy atom. The summed E-state index contributed by atoms with van der Waals surface area (Å²) >= 11 is 1.39. The van der Waals surface area contributed by atoms with Gasteiger partial charge in [-0.2, -0.15) is 0 Å². The van der Waals surface area contributed by atoms with Crippen LogP contribution in [0.25, 0.3) is 10.2 Å². The summed E-state index contributed by atoms with van der Waals surface area (Å²) in [7, 11) is 0. The number of aryl methyl sites for hydroxylation is 1. The van der Waals surface area contributed by atoms with E-state index < -0.39 is 0 Å². The maximum atomic E-state index is 12.7. The van der Waals surface area contributed by atoms with E-state index in [-0.39, 0.29) is 17.9 Å². The van der Waals surface area contributed by atoms with E-state index in [1.165, 1.54) is 17.7 Å². The molecule has 2 amide bonds. The van der Waals surface area contributed by atoms with Crippen molar-refractivity contribution in [2.24, 2.45) is 0 Å². The molecule has 0 saturated carbocycles. The normalized spacial score (nSPS) is 19.3. The van der Waals surface area contributed by atoms with Gasteiger partial charge in [0.15, 0.2) is 0 Å². The molecule has 0 aliphatic carbocycles. The van der Waals surface area contributed by atoms with Gasteiger partial charge in [0.2, 0.25) is 5.91 Å². The molecule has 0 spiro atoms. The Labute approximate surface area is 174 Å². The fourth-order valence-electron chi connectivity index (χ4n) is 3.93. The Bertz CT molecular complexity index is 894. The van der Waals surface area contributed by atoms with Crippen molar-refractivity contribution in [1.82, 2.24) is 20.2 Å². The highest BCUT2D eigenvalue weighted by Crippen LogP contribution is 2.33. The van der Waals surface area contributed by atoms with Crippen LogP contribution >= 0.6 is 11.3 Å². The monoisotopic (exact) mass is 417 g/mol. The van der Waals surface area contributed by atoms with Gasteiger partial charge in [-0.05, 0) is 38.2 Å². The van der Waals surface area contributed by atoms with Gasteiger partial charge >= 0.3 is 0 Å². The molecule has 2 saturated heterocycles. The fourth-order valence-corrected chi connectivity index (χ4v) is 5.00. The summed E-state index contributed by atoms with van der Waals surface area (Å²) in [6, 6.07) is 0. The largest absolute Gasteiger partial charge is 0.376 e. The number of rotatable bonds is 8. The van der Waals surface area contributed by atoms with Crippen LogP contribution in [0.15, 0.2) is 6.33 Å². The molecule has 2 aliphatic heterocycles. The first kappa shape index (κ1) is 20.0. The molecule has 0 bridgehead atoms. The Hall–Kier alpha value is -2.26. The number of aromatic nitrogens is 2. The van der Waals surface area contributed by atoms with Crippen LogP contribution in [0.1, 0.15) is 47.3 Å². The molecule has 4 rings (SSSR count). The quantitative estimate of drug-likeness (QED) is 0.640. The molecule has 0 radical (unpaired) electrons. The number of ether oxygens (including phenoxy) is 1. The van der Waals surface area contributed by atoms with Gasteiger partial charge in [0, 0.05) is 39.2 Å². The Morgan fingerprint density at radius 1 is 1.38 bits per heavy atom. The van der Waals surface area contributed by atoms with Gasteiger partial charge in [0.05, 0.1) is 16.4 Å². The molecule has 1 atom stereocenters. The molecular formula is C20H27N5O3S. The molecule has 2 aromatic rings. The third-order valence-corrected chi connectivity index (χ3v) is 6.71. The highest BCUT2D eigenvalue weighted by Gasteiger charge is 2.22. The number of likely N-dealkylation sites (tertiary alicyclic amines) is 1. The number of hydrogen-bond acceptors (Lipinski definition) is 7. The molecule has 4 heterocycles. The highest BCUT2D eigenvalue weighted by molar-refractivity contribution is 7.20. The molecule has 156 valence electrons. The number of thiophene rings is 1. The molecule has 1 unspecified atom stereocenters. The van der Waals surface area contributed by atoms with Crippen molar-refractivity contribution >= 4 is 39.2 Å². The molecular weight excluding hydrogens is 390 g/mol. The number of nitrogens with zero attached hydrogens (tertiary/aromatic N) is 3. The zero-order valence-corrected chi connectivity index (χ0v) is 17.5. The summed E-state index contributed by atoms with van der Waals surface area (Å²) in [6.07, 6.45) is 6.25. The summed E-state index contributed by atoms with van der Waals surface area (Å²) in [6.45, 7) is 5.55. The van der Waals surface area contributed by atoms with E-state index in [1.54, 1.807) is 0 Å². The third-order valence-electron chi connectivity index (χ3n) is 5.52. The minimum Gasteiger partial charge on any atom is -0.376 e. The van der Waals surface area contributed by atoms with E-state index in [1.807, 2.05) is 11.8 Å². The first-order valence-electron chi connectivity index (χ1n) is 10.3. The lowest BCUT2D eigenvalue weighted by molar-refractivity contribution is -0.127. The lowest BCUT2D eigenvalue weighted by Crippen LogP contribution is -2.30. The van der Waals surface area contributed by atoms with E-state index >= 15 is 0 Å². The lowest BCUT2D eigenvalue weighted by atomic mass is 10.2. The molecule has 2 N–H and O–H groups in total. The van der Waals surface area contributed by atoms with Crippen LogP contribution in [0, 0.1) is 6.92 Å². The topological polar surface area (TPSA) is 96.5 Å². The van der Waals surface area contributed by atoms with Crippen molar-refractivity contribution in [2.75, 3.05) is 38.1 Å². The summed E-state index contributed by atoms with van der Waals surface area (Å²) in [4.78, 5) is 36.4. The first-order chi connectivity index (χ1) is 14.1. The maximum Gasteiger partial charge on any atom is 0.261 e. The fraction of sp³-hybridized carbons (Fsp3) is 0.600. The van der Waals surface area contributed by atoms with Gasteiger partial charge in [0.25, 0.3) is 5.91 Å². The zero-order valence-electron chi connectivity index (χ0n) is 16.7. The number of carbonyl (C=O) groups excluding carboxylic acids is 2. The van der Waals surface area contributed by atoms with Gasteiger partial charge in [-0.3, -0.25) is 9.59 Å². The summed E-state index contributed by atoms with van der Waals surface area (Å²) in [5.41, 5.74) is 0.896. The van der Waals surface area contributed by atoms with E-state index in [2.05, 4.69) is 20.6 Å². The zero-order chi connectivity index (χ0) is 20.2. The van der Waals surface area contributed by atoms with Crippen LogP contribution in [0.2, 0.25) is 0 Å². The van der Waals surface area contributed by atoms with Crippen LogP contribution < -0.4 is 10.6 Å². The summed E-state index contributed by atoms with van der Waals surface area (Å²) < 4.78 is 5.67. The lowest BCUT2D eigenvalue weighted by Gasteiger charge is -2.15. The number of hydrogen-bond donors (Lipinski definition) is 2. The average Bonchev–Trinajstić information content (AvgIpc) is 3.45. The molecule has 2 aromatic heterocycles. The molecule has 29 heavy (non-hydrogen) atoms. The Morgan fingerprint density at radius 2 is 2.28 bits per heavy atom. The molecule has 8 nitrogen and oxygen atoms in total. The number of anilines is 1. The minimum absolute atomic E-state index is 0.0941. The summed E-state index contributed by atoms with van der Waals surface area (Å²) in [5.74, 6) is 0.882. The molecule has 0 aromatic carbocycles. The van der Waals surface area contributed by atoms with Crippen molar-refractivity contribution in [2.45, 2.75) is 45.1 Å². The van der Waals surface area contributed by atoms with Crippen LogP contribution in [-0.2, 0) is 9.53 Å². The molecule has 2 fully saturated rings. The van der Waals surface area contributed by atoms with E-state index in [4.69, 9.17) is 4.74 Å². The van der Waals surface area contributed by atoms with Crippen molar-refractivity contribution in [1.29, 1.82) is 0 Å². The van der Waals surface area contributed by atoms with E-state index in [0.717, 1.165) is 60.4 Å². The van der Waals surface area contributed by atoms with Gasteiger partial charge in [-0.25, -0.2) is 9.97 Å². The summed E-state index contributed by atoms with van der Waals surface area (Å²) in [5, 5.41) is 7.26. The maximum absolute atomic E-state index is 12.7. The number of amides is 2. The van der Waals surface area contributed by atoms with E-state index in [9.17, 15) is 9.59 Å². The molecule has 9 heteroatoms. The average molecular weight is 418 g/mol. The van der Waals surface area contributed by atoms with E-state index in [0.29, 0.717) is 30.9 Å². The predicted octanol–water partition coefficient (Wildman–Crippen LogP) is 2.33. The SMILES string of the molecule is Cc1c(C(=O)NCCCN2CCCC2=O)sc2ncnc(NCC3CCCO3)c12. The predicted molar refractivity (Wildman–Crippen MR) is 112 cm³/mol. The Balaban J connectivity index is 1.37.